The summed E-state index contributed by atoms with van der Waals surface area (Å²) in [7, 11) is 0. The Morgan fingerprint density at radius 3 is 2.75 bits per heavy atom. The lowest BCUT2D eigenvalue weighted by Crippen LogP contribution is -2.30. The highest BCUT2D eigenvalue weighted by atomic mass is 35.5. The number of esters is 1. The molecule has 1 aromatic carbocycles. The van der Waals surface area contributed by atoms with E-state index in [9.17, 15) is 9.59 Å². The van der Waals surface area contributed by atoms with Crippen molar-refractivity contribution in [2.45, 2.75) is 24.8 Å². The molecule has 126 valence electrons. The normalized spacial score (nSPS) is 11.6. The smallest absolute Gasteiger partial charge is 0.340 e. The maximum Gasteiger partial charge on any atom is 0.340 e. The maximum absolute atomic E-state index is 12.3. The molecule has 0 saturated heterocycles. The SMILES string of the molecule is CCSc1ccccc1C(=O)O[C@@H](C)C(=O)Nc1cccnc1Cl. The van der Waals surface area contributed by atoms with Gasteiger partial charge >= 0.3 is 5.97 Å². The fraction of sp³-hybridized carbons (Fsp3) is 0.235. The van der Waals surface area contributed by atoms with E-state index in [1.807, 2.05) is 19.1 Å². The zero-order chi connectivity index (χ0) is 17.5. The molecule has 0 aliphatic rings. The number of thioether (sulfide) groups is 1. The average Bonchev–Trinajstić information content (AvgIpc) is 2.57. The maximum atomic E-state index is 12.3. The van der Waals surface area contributed by atoms with Crippen molar-refractivity contribution in [3.8, 4) is 0 Å². The lowest BCUT2D eigenvalue weighted by atomic mass is 10.2. The van der Waals surface area contributed by atoms with Crippen LogP contribution in [0, 0.1) is 0 Å². The van der Waals surface area contributed by atoms with Crippen LogP contribution in [0.4, 0.5) is 5.69 Å². The second-order valence-electron chi connectivity index (χ2n) is 4.81. The van der Waals surface area contributed by atoms with Crippen molar-refractivity contribution < 1.29 is 14.3 Å². The quantitative estimate of drug-likeness (QED) is 0.476. The van der Waals surface area contributed by atoms with Gasteiger partial charge in [-0.3, -0.25) is 4.79 Å². The highest BCUT2D eigenvalue weighted by Crippen LogP contribution is 2.23. The number of carbonyl (C=O) groups excluding carboxylic acids is 2. The predicted octanol–water partition coefficient (Wildman–Crippen LogP) is 4.03. The number of rotatable bonds is 6. The number of hydrogen-bond acceptors (Lipinski definition) is 5. The number of halogens is 1. The fourth-order valence-corrected chi connectivity index (χ4v) is 2.87. The molecule has 1 atom stereocenters. The Bertz CT molecular complexity index is 739. The minimum atomic E-state index is -0.964. The minimum Gasteiger partial charge on any atom is -0.449 e. The molecule has 24 heavy (non-hydrogen) atoms. The summed E-state index contributed by atoms with van der Waals surface area (Å²) >= 11 is 7.44. The second kappa shape index (κ2) is 8.70. The molecule has 2 rings (SSSR count). The Balaban J connectivity index is 2.03. The Morgan fingerprint density at radius 2 is 2.04 bits per heavy atom. The zero-order valence-corrected chi connectivity index (χ0v) is 14.9. The lowest BCUT2D eigenvalue weighted by Gasteiger charge is -2.15. The third-order valence-corrected chi connectivity index (χ3v) is 4.33. The first kappa shape index (κ1) is 18.3. The summed E-state index contributed by atoms with van der Waals surface area (Å²) in [5, 5.41) is 2.77. The summed E-state index contributed by atoms with van der Waals surface area (Å²) < 4.78 is 5.27. The van der Waals surface area contributed by atoms with Crippen molar-refractivity contribution in [1.82, 2.24) is 4.98 Å². The van der Waals surface area contributed by atoms with Gasteiger partial charge in [-0.05, 0) is 36.9 Å². The number of ether oxygens (including phenoxy) is 1. The highest BCUT2D eigenvalue weighted by Gasteiger charge is 2.21. The summed E-state index contributed by atoms with van der Waals surface area (Å²) in [6.07, 6.45) is 0.553. The first-order valence-corrected chi connectivity index (χ1v) is 8.73. The summed E-state index contributed by atoms with van der Waals surface area (Å²) in [4.78, 5) is 29.2. The van der Waals surface area contributed by atoms with Crippen LogP contribution in [0.2, 0.25) is 5.15 Å². The molecule has 0 aliphatic carbocycles. The van der Waals surface area contributed by atoms with Crippen LogP contribution in [0.15, 0.2) is 47.5 Å². The minimum absolute atomic E-state index is 0.175. The van der Waals surface area contributed by atoms with E-state index >= 15 is 0 Å². The van der Waals surface area contributed by atoms with Crippen molar-refractivity contribution >= 4 is 40.9 Å². The van der Waals surface area contributed by atoms with Crippen LogP contribution in [0.25, 0.3) is 0 Å². The first-order valence-electron chi connectivity index (χ1n) is 7.37. The topological polar surface area (TPSA) is 68.3 Å². The molecule has 1 N–H and O–H groups in total. The molecule has 7 heteroatoms. The van der Waals surface area contributed by atoms with Gasteiger partial charge in [0, 0.05) is 11.1 Å². The molecular formula is C17H17ClN2O3S. The molecular weight excluding hydrogens is 348 g/mol. The molecule has 1 aromatic heterocycles. The Kier molecular flexibility index (Phi) is 6.63. The number of anilines is 1. The number of nitrogens with one attached hydrogen (secondary N) is 1. The van der Waals surface area contributed by atoms with Gasteiger partial charge in [0.15, 0.2) is 11.3 Å². The predicted molar refractivity (Wildman–Crippen MR) is 95.6 cm³/mol. The monoisotopic (exact) mass is 364 g/mol. The van der Waals surface area contributed by atoms with E-state index in [1.165, 1.54) is 13.1 Å². The van der Waals surface area contributed by atoms with E-state index in [2.05, 4.69) is 10.3 Å². The van der Waals surface area contributed by atoms with Crippen molar-refractivity contribution in [3.05, 3.63) is 53.3 Å². The van der Waals surface area contributed by atoms with Crippen LogP contribution < -0.4 is 5.32 Å². The molecule has 0 aliphatic heterocycles. The van der Waals surface area contributed by atoms with E-state index in [0.29, 0.717) is 11.3 Å². The number of amides is 1. The van der Waals surface area contributed by atoms with Gasteiger partial charge in [0.05, 0.1) is 11.3 Å². The van der Waals surface area contributed by atoms with E-state index < -0.39 is 18.0 Å². The van der Waals surface area contributed by atoms with Crippen molar-refractivity contribution in [2.24, 2.45) is 0 Å². The van der Waals surface area contributed by atoms with Gasteiger partial charge in [0.25, 0.3) is 5.91 Å². The highest BCUT2D eigenvalue weighted by molar-refractivity contribution is 7.99. The van der Waals surface area contributed by atoms with Crippen LogP contribution in [0.1, 0.15) is 24.2 Å². The number of nitrogens with zero attached hydrogens (tertiary/aromatic N) is 1. The number of hydrogen-bond donors (Lipinski definition) is 1. The van der Waals surface area contributed by atoms with Gasteiger partial charge in [-0.25, -0.2) is 9.78 Å². The van der Waals surface area contributed by atoms with E-state index in [0.717, 1.165) is 10.6 Å². The molecule has 2 aromatic rings. The second-order valence-corrected chi connectivity index (χ2v) is 6.47. The van der Waals surface area contributed by atoms with Crippen molar-refractivity contribution in [2.75, 3.05) is 11.1 Å². The molecule has 1 amide bonds. The molecule has 0 fully saturated rings. The average molecular weight is 365 g/mol. The molecule has 0 unspecified atom stereocenters. The third kappa shape index (κ3) is 4.72. The standard InChI is InChI=1S/C17H17ClN2O3S/c1-3-24-14-9-5-4-7-12(14)17(22)23-11(2)16(21)20-13-8-6-10-19-15(13)18/h4-11H,3H2,1-2H3,(H,20,21)/t11-/m0/s1. The molecule has 0 saturated carbocycles. The van der Waals surface area contributed by atoms with Gasteiger partial charge < -0.3 is 10.1 Å². The van der Waals surface area contributed by atoms with Crippen LogP contribution in [0.3, 0.4) is 0 Å². The van der Waals surface area contributed by atoms with Crippen LogP contribution >= 0.6 is 23.4 Å². The Labute approximate surface area is 149 Å². The molecule has 1 heterocycles. The van der Waals surface area contributed by atoms with Crippen LogP contribution in [-0.4, -0.2) is 28.7 Å². The molecule has 5 nitrogen and oxygen atoms in total. The van der Waals surface area contributed by atoms with Crippen molar-refractivity contribution in [3.63, 3.8) is 0 Å². The number of pyridine rings is 1. The van der Waals surface area contributed by atoms with E-state index in [1.54, 1.807) is 36.0 Å². The number of benzene rings is 1. The largest absolute Gasteiger partial charge is 0.449 e. The summed E-state index contributed by atoms with van der Waals surface area (Å²) in [5.41, 5.74) is 0.817. The van der Waals surface area contributed by atoms with E-state index in [-0.39, 0.29) is 5.15 Å². The lowest BCUT2D eigenvalue weighted by molar-refractivity contribution is -0.123. The Morgan fingerprint density at radius 1 is 1.29 bits per heavy atom. The third-order valence-electron chi connectivity index (χ3n) is 3.08. The summed E-state index contributed by atoms with van der Waals surface area (Å²) in [6.45, 7) is 3.51. The van der Waals surface area contributed by atoms with Gasteiger partial charge in [-0.1, -0.05) is 30.7 Å². The van der Waals surface area contributed by atoms with Crippen LogP contribution in [-0.2, 0) is 9.53 Å². The zero-order valence-electron chi connectivity index (χ0n) is 13.3. The molecule has 0 spiro atoms. The van der Waals surface area contributed by atoms with Gasteiger partial charge in [-0.2, -0.15) is 0 Å². The number of aromatic nitrogens is 1. The van der Waals surface area contributed by atoms with E-state index in [4.69, 9.17) is 16.3 Å². The summed E-state index contributed by atoms with van der Waals surface area (Å²) in [5.74, 6) is -0.176. The molecule has 0 bridgehead atoms. The summed E-state index contributed by atoms with van der Waals surface area (Å²) in [6, 6.07) is 10.4. The van der Waals surface area contributed by atoms with Gasteiger partial charge in [0.2, 0.25) is 0 Å². The fourth-order valence-electron chi connectivity index (χ4n) is 1.91. The van der Waals surface area contributed by atoms with Gasteiger partial charge in [-0.15, -0.1) is 11.8 Å². The number of carbonyl (C=O) groups is 2. The van der Waals surface area contributed by atoms with Gasteiger partial charge in [0.1, 0.15) is 0 Å². The Hall–Kier alpha value is -2.05. The molecule has 0 radical (unpaired) electrons. The van der Waals surface area contributed by atoms with Crippen LogP contribution in [0.5, 0.6) is 0 Å². The first-order chi connectivity index (χ1) is 11.5. The van der Waals surface area contributed by atoms with Crippen molar-refractivity contribution in [1.29, 1.82) is 0 Å².